The van der Waals surface area contributed by atoms with Crippen LogP contribution in [0.5, 0.6) is 0 Å². The average Bonchev–Trinajstić information content (AvgIpc) is 2.94. The van der Waals surface area contributed by atoms with E-state index in [0.717, 1.165) is 30.8 Å². The van der Waals surface area contributed by atoms with E-state index in [1.165, 1.54) is 0 Å². The van der Waals surface area contributed by atoms with Gasteiger partial charge in [-0.1, -0.05) is 6.07 Å². The van der Waals surface area contributed by atoms with Crippen molar-refractivity contribution >= 4 is 5.95 Å². The minimum absolute atomic E-state index is 0.00400. The highest BCUT2D eigenvalue weighted by Crippen LogP contribution is 2.35. The number of hydrogen-bond acceptors (Lipinski definition) is 5. The fraction of sp³-hybridized carbons (Fsp3) is 0.438. The summed E-state index contributed by atoms with van der Waals surface area (Å²) in [5.41, 5.74) is 0.168. The monoisotopic (exact) mass is 337 g/mol. The SMILES string of the molecule is CN1CC[C@@H](CNc2nccc(C(F)(F)F)n2)[C@@H]1c1cccnc1. The van der Waals surface area contributed by atoms with Gasteiger partial charge >= 0.3 is 6.18 Å². The van der Waals surface area contributed by atoms with Gasteiger partial charge in [0.15, 0.2) is 0 Å². The van der Waals surface area contributed by atoms with E-state index in [9.17, 15) is 13.2 Å². The van der Waals surface area contributed by atoms with Crippen LogP contribution >= 0.6 is 0 Å². The lowest BCUT2D eigenvalue weighted by Crippen LogP contribution is -2.25. The van der Waals surface area contributed by atoms with Crippen LogP contribution in [0.2, 0.25) is 0 Å². The van der Waals surface area contributed by atoms with Gasteiger partial charge in [0.05, 0.1) is 0 Å². The Morgan fingerprint density at radius 3 is 2.83 bits per heavy atom. The van der Waals surface area contributed by atoms with Gasteiger partial charge in [-0.3, -0.25) is 9.88 Å². The van der Waals surface area contributed by atoms with E-state index in [4.69, 9.17) is 0 Å². The van der Waals surface area contributed by atoms with E-state index >= 15 is 0 Å². The summed E-state index contributed by atoms with van der Waals surface area (Å²) in [4.78, 5) is 13.8. The predicted molar refractivity (Wildman–Crippen MR) is 83.2 cm³/mol. The van der Waals surface area contributed by atoms with E-state index < -0.39 is 11.9 Å². The molecule has 2 aromatic heterocycles. The van der Waals surface area contributed by atoms with E-state index in [0.29, 0.717) is 6.54 Å². The second-order valence-corrected chi connectivity index (χ2v) is 5.90. The van der Waals surface area contributed by atoms with E-state index in [2.05, 4.69) is 25.2 Å². The fourth-order valence-corrected chi connectivity index (χ4v) is 3.14. The Hall–Kier alpha value is -2.22. The van der Waals surface area contributed by atoms with Crippen molar-refractivity contribution in [1.82, 2.24) is 19.9 Å². The number of pyridine rings is 1. The first-order valence-electron chi connectivity index (χ1n) is 7.69. The molecule has 3 rings (SSSR count). The molecular formula is C16H18F3N5. The van der Waals surface area contributed by atoms with Crippen molar-refractivity contribution in [2.75, 3.05) is 25.5 Å². The summed E-state index contributed by atoms with van der Waals surface area (Å²) in [6.45, 7) is 1.43. The zero-order valence-electron chi connectivity index (χ0n) is 13.2. The van der Waals surface area contributed by atoms with E-state index in [-0.39, 0.29) is 17.9 Å². The first-order chi connectivity index (χ1) is 11.4. The van der Waals surface area contributed by atoms with Crippen molar-refractivity contribution in [2.24, 2.45) is 5.92 Å². The van der Waals surface area contributed by atoms with Gasteiger partial charge in [0, 0.05) is 31.2 Å². The second kappa shape index (κ2) is 6.72. The molecule has 1 fully saturated rings. The minimum Gasteiger partial charge on any atom is -0.354 e. The van der Waals surface area contributed by atoms with Crippen LogP contribution in [0.4, 0.5) is 19.1 Å². The molecule has 24 heavy (non-hydrogen) atoms. The summed E-state index contributed by atoms with van der Waals surface area (Å²) < 4.78 is 38.1. The molecule has 0 spiro atoms. The highest BCUT2D eigenvalue weighted by atomic mass is 19.4. The highest BCUT2D eigenvalue weighted by Gasteiger charge is 2.34. The maximum absolute atomic E-state index is 12.7. The highest BCUT2D eigenvalue weighted by molar-refractivity contribution is 5.27. The average molecular weight is 337 g/mol. The number of rotatable bonds is 4. The summed E-state index contributed by atoms with van der Waals surface area (Å²) in [6.07, 6.45) is 1.16. The van der Waals surface area contributed by atoms with E-state index in [1.54, 1.807) is 6.20 Å². The van der Waals surface area contributed by atoms with Crippen LogP contribution in [0.25, 0.3) is 0 Å². The Morgan fingerprint density at radius 1 is 1.29 bits per heavy atom. The van der Waals surface area contributed by atoms with Crippen LogP contribution < -0.4 is 5.32 Å². The molecule has 3 heterocycles. The molecule has 0 unspecified atom stereocenters. The van der Waals surface area contributed by atoms with Gasteiger partial charge in [0.1, 0.15) is 5.69 Å². The van der Waals surface area contributed by atoms with Gasteiger partial charge in [-0.25, -0.2) is 9.97 Å². The maximum Gasteiger partial charge on any atom is 0.433 e. The van der Waals surface area contributed by atoms with Crippen LogP contribution in [-0.4, -0.2) is 40.0 Å². The molecule has 128 valence electrons. The molecule has 2 atom stereocenters. The summed E-state index contributed by atoms with van der Waals surface area (Å²) >= 11 is 0. The first-order valence-corrected chi connectivity index (χ1v) is 7.69. The zero-order chi connectivity index (χ0) is 17.2. The van der Waals surface area contributed by atoms with Gasteiger partial charge in [0.2, 0.25) is 5.95 Å². The minimum atomic E-state index is -4.47. The first kappa shape index (κ1) is 16.6. The van der Waals surface area contributed by atoms with Crippen molar-refractivity contribution in [3.63, 3.8) is 0 Å². The summed E-state index contributed by atoms with van der Waals surface area (Å²) in [7, 11) is 2.04. The number of nitrogens with zero attached hydrogens (tertiary/aromatic N) is 4. The molecule has 2 aromatic rings. The Balaban J connectivity index is 1.70. The van der Waals surface area contributed by atoms with Gasteiger partial charge in [-0.15, -0.1) is 0 Å². The van der Waals surface area contributed by atoms with Crippen LogP contribution in [0.3, 0.4) is 0 Å². The third-order valence-electron chi connectivity index (χ3n) is 4.27. The number of anilines is 1. The van der Waals surface area contributed by atoms with Crippen LogP contribution in [0.1, 0.15) is 23.7 Å². The van der Waals surface area contributed by atoms with Gasteiger partial charge in [-0.2, -0.15) is 13.2 Å². The Morgan fingerprint density at radius 2 is 2.12 bits per heavy atom. The zero-order valence-corrected chi connectivity index (χ0v) is 13.2. The molecule has 0 aliphatic carbocycles. The number of aromatic nitrogens is 3. The van der Waals surface area contributed by atoms with Crippen molar-refractivity contribution in [3.05, 3.63) is 48.0 Å². The maximum atomic E-state index is 12.7. The topological polar surface area (TPSA) is 53.9 Å². The van der Waals surface area contributed by atoms with Gasteiger partial charge in [0.25, 0.3) is 0 Å². The fourth-order valence-electron chi connectivity index (χ4n) is 3.14. The molecule has 0 aromatic carbocycles. The molecule has 1 aliphatic heterocycles. The molecule has 1 saturated heterocycles. The second-order valence-electron chi connectivity index (χ2n) is 5.90. The molecule has 0 saturated carbocycles. The van der Waals surface area contributed by atoms with Crippen molar-refractivity contribution in [2.45, 2.75) is 18.6 Å². The molecule has 0 bridgehead atoms. The number of alkyl halides is 3. The third-order valence-corrected chi connectivity index (χ3v) is 4.27. The summed E-state index contributed by atoms with van der Waals surface area (Å²) in [5, 5.41) is 2.95. The Labute approximate surface area is 138 Å². The number of hydrogen-bond donors (Lipinski definition) is 1. The Kier molecular flexibility index (Phi) is 4.66. The number of nitrogens with one attached hydrogen (secondary N) is 1. The number of halogens is 3. The molecule has 0 radical (unpaired) electrons. The van der Waals surface area contributed by atoms with Gasteiger partial charge < -0.3 is 5.32 Å². The smallest absolute Gasteiger partial charge is 0.354 e. The Bertz CT molecular complexity index is 677. The molecule has 5 nitrogen and oxygen atoms in total. The standard InChI is InChI=1S/C16H18F3N5/c1-24-8-5-12(14(24)11-3-2-6-20-9-11)10-22-15-21-7-4-13(23-15)16(17,18)19/h2-4,6-7,9,12,14H,5,8,10H2,1H3,(H,21,22,23)/t12-,14-/m0/s1. The predicted octanol–water partition coefficient (Wildman–Crippen LogP) is 3.00. The number of likely N-dealkylation sites (tertiary alicyclic amines) is 1. The van der Waals surface area contributed by atoms with Crippen molar-refractivity contribution in [3.8, 4) is 0 Å². The molecular weight excluding hydrogens is 319 g/mol. The third kappa shape index (κ3) is 3.64. The molecule has 8 heteroatoms. The molecule has 0 amide bonds. The van der Waals surface area contributed by atoms with E-state index in [1.807, 2.05) is 25.4 Å². The van der Waals surface area contributed by atoms with Crippen LogP contribution in [-0.2, 0) is 6.18 Å². The van der Waals surface area contributed by atoms with Crippen LogP contribution in [0, 0.1) is 5.92 Å². The molecule has 1 N–H and O–H groups in total. The van der Waals surface area contributed by atoms with Crippen molar-refractivity contribution in [1.29, 1.82) is 0 Å². The summed E-state index contributed by atoms with van der Waals surface area (Å²) in [6, 6.07) is 4.96. The lowest BCUT2D eigenvalue weighted by molar-refractivity contribution is -0.141. The van der Waals surface area contributed by atoms with Crippen LogP contribution in [0.15, 0.2) is 36.8 Å². The lowest BCUT2D eigenvalue weighted by Gasteiger charge is -2.25. The van der Waals surface area contributed by atoms with Crippen molar-refractivity contribution < 1.29 is 13.2 Å². The molecule has 1 aliphatic rings. The quantitative estimate of drug-likeness (QED) is 0.929. The lowest BCUT2D eigenvalue weighted by atomic mass is 9.95. The normalized spacial score (nSPS) is 21.8. The van der Waals surface area contributed by atoms with Gasteiger partial charge in [-0.05, 0) is 43.6 Å². The largest absolute Gasteiger partial charge is 0.433 e. The summed E-state index contributed by atoms with van der Waals surface area (Å²) in [5.74, 6) is 0.252.